The van der Waals surface area contributed by atoms with Crippen molar-refractivity contribution in [3.8, 4) is 11.1 Å². The molecule has 2 aliphatic rings. The average Bonchev–Trinajstić information content (AvgIpc) is 3.26. The van der Waals surface area contributed by atoms with Gasteiger partial charge in [-0.1, -0.05) is 83.3 Å². The molecule has 1 aliphatic heterocycles. The van der Waals surface area contributed by atoms with Crippen molar-refractivity contribution in [1.29, 1.82) is 5.41 Å². The van der Waals surface area contributed by atoms with Gasteiger partial charge in [0.05, 0.1) is 0 Å². The fraction of sp³-hybridized carbons (Fsp3) is 0.414. The zero-order valence-electron chi connectivity index (χ0n) is 23.7. The lowest BCUT2D eigenvalue weighted by Crippen LogP contribution is -2.67. The van der Waals surface area contributed by atoms with E-state index in [1.165, 1.54) is 0 Å². The summed E-state index contributed by atoms with van der Waals surface area (Å²) in [6.07, 6.45) is -6.83. The van der Waals surface area contributed by atoms with Gasteiger partial charge in [-0.05, 0) is 22.3 Å². The number of alkyl halides is 3. The van der Waals surface area contributed by atoms with E-state index in [9.17, 15) is 19.2 Å². The maximum Gasteiger partial charge on any atom is 0.407 e. The summed E-state index contributed by atoms with van der Waals surface area (Å²) in [5, 5.41) is 10.6. The van der Waals surface area contributed by atoms with Crippen LogP contribution in [0, 0.1) is 5.41 Å². The van der Waals surface area contributed by atoms with Gasteiger partial charge in [0, 0.05) is 26.7 Å². The quantitative estimate of drug-likeness (QED) is 0.135. The first-order chi connectivity index (χ1) is 20.8. The van der Waals surface area contributed by atoms with Crippen molar-refractivity contribution in [2.45, 2.75) is 61.1 Å². The number of benzene rings is 2. The predicted octanol–water partition coefficient (Wildman–Crippen LogP) is 4.41. The van der Waals surface area contributed by atoms with Crippen LogP contribution in [0.25, 0.3) is 11.1 Å². The van der Waals surface area contributed by atoms with E-state index < -0.39 is 70.9 Å². The van der Waals surface area contributed by atoms with Gasteiger partial charge in [0.25, 0.3) is 3.79 Å². The lowest BCUT2D eigenvalue weighted by molar-refractivity contribution is -0.260. The molecule has 1 fully saturated rings. The highest BCUT2D eigenvalue weighted by atomic mass is 35.6. The Hall–Kier alpha value is -3.58. The normalized spacial score (nSPS) is 22.5. The zero-order valence-corrected chi connectivity index (χ0v) is 26.0. The summed E-state index contributed by atoms with van der Waals surface area (Å²) in [7, 11) is 0. The topological polar surface area (TPSA) is 160 Å². The van der Waals surface area contributed by atoms with Crippen molar-refractivity contribution in [3.63, 3.8) is 0 Å². The van der Waals surface area contributed by atoms with Gasteiger partial charge in [-0.2, -0.15) is 0 Å². The highest BCUT2D eigenvalue weighted by Gasteiger charge is 2.53. The lowest BCUT2D eigenvalue weighted by atomic mass is 9.96. The van der Waals surface area contributed by atoms with Crippen LogP contribution in [0.4, 0.5) is 4.79 Å². The van der Waals surface area contributed by atoms with E-state index in [1.807, 2.05) is 48.5 Å². The fourth-order valence-electron chi connectivity index (χ4n) is 5.12. The minimum atomic E-state index is -2.34. The highest BCUT2D eigenvalue weighted by Crippen LogP contribution is 2.44. The Morgan fingerprint density at radius 2 is 1.34 bits per heavy atom. The number of carbonyl (C=O) groups is 4. The predicted molar refractivity (Wildman–Crippen MR) is 157 cm³/mol. The smallest absolute Gasteiger partial charge is 0.407 e. The van der Waals surface area contributed by atoms with Crippen LogP contribution in [-0.2, 0) is 42.8 Å². The largest absolute Gasteiger partial charge is 0.463 e. The third-order valence-corrected chi connectivity index (χ3v) is 7.34. The lowest BCUT2D eigenvalue weighted by Gasteiger charge is -2.44. The Kier molecular flexibility index (Phi) is 10.6. The van der Waals surface area contributed by atoms with Gasteiger partial charge in [0.15, 0.2) is 12.2 Å². The second-order valence-corrected chi connectivity index (χ2v) is 12.2. The van der Waals surface area contributed by atoms with E-state index in [-0.39, 0.29) is 12.5 Å². The van der Waals surface area contributed by atoms with Crippen molar-refractivity contribution in [3.05, 3.63) is 59.7 Å². The summed E-state index contributed by atoms with van der Waals surface area (Å²) in [5.74, 6) is -3.48. The van der Waals surface area contributed by atoms with Crippen LogP contribution in [0.15, 0.2) is 48.5 Å². The van der Waals surface area contributed by atoms with E-state index >= 15 is 0 Å². The number of amides is 1. The number of alkyl carbamates (subject to hydrolysis) is 1. The molecule has 1 aliphatic carbocycles. The van der Waals surface area contributed by atoms with Crippen molar-refractivity contribution >= 4 is 64.7 Å². The molecular formula is C29H29Cl3N2O10. The molecule has 236 valence electrons. The Labute approximate surface area is 267 Å². The molecule has 12 nitrogen and oxygen atoms in total. The van der Waals surface area contributed by atoms with Crippen LogP contribution in [0.1, 0.15) is 37.8 Å². The van der Waals surface area contributed by atoms with Gasteiger partial charge in [0.2, 0.25) is 12.2 Å². The molecule has 2 N–H and O–H groups in total. The Morgan fingerprint density at radius 1 is 0.795 bits per heavy atom. The van der Waals surface area contributed by atoms with Crippen LogP contribution >= 0.6 is 34.8 Å². The molecule has 0 bridgehead atoms. The standard InChI is InChI=1S/C29H29Cl3N2O10/c1-14(35)39-13-22-24(41-15(2)36)25(42-16(3)37)23(26(43-22)44-27(33)29(30,31)32)34-28(38)40-12-21-19-10-6-4-8-17(19)18-9-5-7-11-20(18)21/h4-11,21-26,33H,12-13H2,1-3H3,(H,34,38)/t22-,23-,24+,25-,26-/m1/s1. The number of halogens is 3. The molecule has 4 rings (SSSR count). The molecule has 0 unspecified atom stereocenters. The number of ether oxygens (including phenoxy) is 6. The summed E-state index contributed by atoms with van der Waals surface area (Å²) >= 11 is 17.4. The van der Waals surface area contributed by atoms with Crippen molar-refractivity contribution in [2.75, 3.05) is 13.2 Å². The van der Waals surface area contributed by atoms with Crippen LogP contribution in [0.5, 0.6) is 0 Å². The molecule has 5 atom stereocenters. The molecule has 1 heterocycles. The molecule has 0 saturated carbocycles. The molecule has 0 aromatic heterocycles. The minimum absolute atomic E-state index is 0.0659. The summed E-state index contributed by atoms with van der Waals surface area (Å²) in [6.45, 7) is 2.78. The molecule has 2 aromatic rings. The van der Waals surface area contributed by atoms with Gasteiger partial charge in [-0.25, -0.2) is 4.79 Å². The number of hydrogen-bond donors (Lipinski definition) is 2. The molecule has 2 aromatic carbocycles. The number of nitrogens with one attached hydrogen (secondary N) is 2. The molecule has 0 spiro atoms. The van der Waals surface area contributed by atoms with E-state index in [4.69, 9.17) is 68.6 Å². The number of rotatable bonds is 8. The summed E-state index contributed by atoms with van der Waals surface area (Å²) in [5.41, 5.74) is 3.99. The Bertz CT molecular complexity index is 1390. The van der Waals surface area contributed by atoms with Crippen molar-refractivity contribution in [2.24, 2.45) is 0 Å². The molecule has 1 saturated heterocycles. The second kappa shape index (κ2) is 14.0. The SMILES string of the molecule is CC(=O)OC[C@H]1O[C@H](OC(=N)C(Cl)(Cl)Cl)[C@H](NC(=O)OCC2c3ccccc3-c3ccccc32)[C@@H](OC(C)=O)[C@H]1OC(C)=O. The maximum atomic E-state index is 13.3. The number of hydrogen-bond acceptors (Lipinski definition) is 11. The third-order valence-electron chi connectivity index (χ3n) is 6.82. The maximum absolute atomic E-state index is 13.3. The number of esters is 3. The van der Waals surface area contributed by atoms with Crippen LogP contribution in [-0.4, -0.2) is 77.5 Å². The number of fused-ring (bicyclic) bond motifs is 3. The Balaban J connectivity index is 1.61. The van der Waals surface area contributed by atoms with Gasteiger partial charge in [-0.3, -0.25) is 19.8 Å². The van der Waals surface area contributed by atoms with Crippen LogP contribution in [0.2, 0.25) is 0 Å². The second-order valence-electron chi connectivity index (χ2n) is 9.93. The first-order valence-corrected chi connectivity index (χ1v) is 14.5. The molecule has 0 radical (unpaired) electrons. The Morgan fingerprint density at radius 3 is 1.86 bits per heavy atom. The van der Waals surface area contributed by atoms with Crippen LogP contribution < -0.4 is 5.32 Å². The molecule has 15 heteroatoms. The summed E-state index contributed by atoms with van der Waals surface area (Å²) in [6, 6.07) is 14.0. The van der Waals surface area contributed by atoms with Crippen LogP contribution in [0.3, 0.4) is 0 Å². The van der Waals surface area contributed by atoms with Crippen molar-refractivity contribution < 1.29 is 47.6 Å². The van der Waals surface area contributed by atoms with E-state index in [2.05, 4.69) is 5.32 Å². The third kappa shape index (κ3) is 7.92. The van der Waals surface area contributed by atoms with E-state index in [0.717, 1.165) is 43.0 Å². The first kappa shape index (κ1) is 33.3. The molecule has 44 heavy (non-hydrogen) atoms. The zero-order chi connectivity index (χ0) is 32.2. The van der Waals surface area contributed by atoms with Gasteiger partial charge in [-0.15, -0.1) is 0 Å². The van der Waals surface area contributed by atoms with E-state index in [1.54, 1.807) is 0 Å². The average molecular weight is 672 g/mol. The van der Waals surface area contributed by atoms with Gasteiger partial charge >= 0.3 is 24.0 Å². The summed E-state index contributed by atoms with van der Waals surface area (Å²) < 4.78 is 30.5. The molecule has 1 amide bonds. The van der Waals surface area contributed by atoms with Crippen molar-refractivity contribution in [1.82, 2.24) is 5.32 Å². The van der Waals surface area contributed by atoms with Gasteiger partial charge in [0.1, 0.15) is 25.4 Å². The monoisotopic (exact) mass is 670 g/mol. The summed E-state index contributed by atoms with van der Waals surface area (Å²) in [4.78, 5) is 49.1. The van der Waals surface area contributed by atoms with E-state index in [0.29, 0.717) is 0 Å². The van der Waals surface area contributed by atoms with Gasteiger partial charge < -0.3 is 33.7 Å². The molecular weight excluding hydrogens is 643 g/mol. The first-order valence-electron chi connectivity index (χ1n) is 13.3. The fourth-order valence-corrected chi connectivity index (χ4v) is 5.25. The highest BCUT2D eigenvalue weighted by molar-refractivity contribution is 6.76. The minimum Gasteiger partial charge on any atom is -0.463 e. The number of carbonyl (C=O) groups excluding carboxylic acids is 4.